The number of hydrogen-bond donors (Lipinski definition) is 1. The molecule has 0 heterocycles. The van der Waals surface area contributed by atoms with Gasteiger partial charge < -0.3 is 10.1 Å². The molecule has 0 saturated heterocycles. The first-order valence-corrected chi connectivity index (χ1v) is 7.08. The fourth-order valence-electron chi connectivity index (χ4n) is 2.56. The van der Waals surface area contributed by atoms with Crippen molar-refractivity contribution in [2.24, 2.45) is 5.92 Å². The van der Waals surface area contributed by atoms with Crippen molar-refractivity contribution in [1.82, 2.24) is 5.32 Å². The molecule has 0 radical (unpaired) electrons. The van der Waals surface area contributed by atoms with Gasteiger partial charge in [0.05, 0.1) is 7.11 Å². The molecular weight excluding hydrogens is 222 g/mol. The quantitative estimate of drug-likeness (QED) is 0.746. The van der Waals surface area contributed by atoms with Crippen LogP contribution in [0.3, 0.4) is 0 Å². The molecule has 102 valence electrons. The first-order chi connectivity index (χ1) is 8.76. The van der Waals surface area contributed by atoms with Gasteiger partial charge in [-0.15, -0.1) is 0 Å². The number of unbranched alkanes of at least 4 members (excludes halogenated alkanes) is 1. The van der Waals surface area contributed by atoms with E-state index in [-0.39, 0.29) is 0 Å². The van der Waals surface area contributed by atoms with Crippen LogP contribution in [0.4, 0.5) is 0 Å². The summed E-state index contributed by atoms with van der Waals surface area (Å²) in [5, 5.41) is 3.47. The van der Waals surface area contributed by atoms with Crippen molar-refractivity contribution in [1.29, 1.82) is 0 Å². The van der Waals surface area contributed by atoms with E-state index in [1.165, 1.54) is 31.2 Å². The van der Waals surface area contributed by atoms with E-state index in [2.05, 4.69) is 38.3 Å². The Bertz CT molecular complexity index is 320. The Hall–Kier alpha value is -1.02. The lowest BCUT2D eigenvalue weighted by molar-refractivity contribution is 0.338. The molecule has 0 fully saturated rings. The molecule has 0 saturated carbocycles. The standard InChI is InChI=1S/C16H27NO/c1-5-7-8-13(6-2)16(17-3)14-9-11-15(18-4)12-10-14/h9-13,16-17H,5-8H2,1-4H3. The predicted octanol–water partition coefficient (Wildman–Crippen LogP) is 4.17. The maximum Gasteiger partial charge on any atom is 0.118 e. The molecule has 2 nitrogen and oxygen atoms in total. The molecule has 0 bridgehead atoms. The maximum absolute atomic E-state index is 5.21. The Morgan fingerprint density at radius 3 is 2.28 bits per heavy atom. The lowest BCUT2D eigenvalue weighted by Gasteiger charge is -2.26. The van der Waals surface area contributed by atoms with Crippen LogP contribution < -0.4 is 10.1 Å². The van der Waals surface area contributed by atoms with Crippen LogP contribution in [0.5, 0.6) is 5.75 Å². The monoisotopic (exact) mass is 249 g/mol. The maximum atomic E-state index is 5.21. The van der Waals surface area contributed by atoms with Crippen molar-refractivity contribution in [3.63, 3.8) is 0 Å². The number of hydrogen-bond acceptors (Lipinski definition) is 2. The van der Waals surface area contributed by atoms with E-state index in [1.54, 1.807) is 7.11 Å². The van der Waals surface area contributed by atoms with Crippen LogP contribution in [-0.2, 0) is 0 Å². The summed E-state index contributed by atoms with van der Waals surface area (Å²) < 4.78 is 5.21. The number of ether oxygens (including phenoxy) is 1. The van der Waals surface area contributed by atoms with Crippen molar-refractivity contribution in [2.75, 3.05) is 14.2 Å². The van der Waals surface area contributed by atoms with E-state index in [0.717, 1.165) is 5.75 Å². The fraction of sp³-hybridized carbons (Fsp3) is 0.625. The summed E-state index contributed by atoms with van der Waals surface area (Å²) in [6.45, 7) is 4.54. The second-order valence-electron chi connectivity index (χ2n) is 4.85. The lowest BCUT2D eigenvalue weighted by atomic mass is 9.87. The van der Waals surface area contributed by atoms with Gasteiger partial charge in [-0.05, 0) is 37.1 Å². The SMILES string of the molecule is CCCCC(CC)C(NC)c1ccc(OC)cc1. The Balaban J connectivity index is 2.78. The third-order valence-corrected chi connectivity index (χ3v) is 3.71. The van der Waals surface area contributed by atoms with Crippen LogP contribution in [0.2, 0.25) is 0 Å². The van der Waals surface area contributed by atoms with Crippen LogP contribution in [0.1, 0.15) is 51.1 Å². The Morgan fingerprint density at radius 1 is 1.17 bits per heavy atom. The molecule has 0 aliphatic carbocycles. The van der Waals surface area contributed by atoms with Crippen LogP contribution in [-0.4, -0.2) is 14.2 Å². The predicted molar refractivity (Wildman–Crippen MR) is 78.1 cm³/mol. The van der Waals surface area contributed by atoms with Crippen LogP contribution in [0.25, 0.3) is 0 Å². The van der Waals surface area contributed by atoms with E-state index >= 15 is 0 Å². The molecule has 1 aromatic carbocycles. The van der Waals surface area contributed by atoms with Crippen LogP contribution >= 0.6 is 0 Å². The van der Waals surface area contributed by atoms with Crippen LogP contribution in [0, 0.1) is 5.92 Å². The van der Waals surface area contributed by atoms with Gasteiger partial charge in [0.2, 0.25) is 0 Å². The summed E-state index contributed by atoms with van der Waals surface area (Å²) in [6.07, 6.45) is 5.10. The average molecular weight is 249 g/mol. The van der Waals surface area contributed by atoms with E-state index in [4.69, 9.17) is 4.74 Å². The van der Waals surface area contributed by atoms with Crippen LogP contribution in [0.15, 0.2) is 24.3 Å². The molecule has 2 atom stereocenters. The summed E-state index contributed by atoms with van der Waals surface area (Å²) >= 11 is 0. The minimum atomic E-state index is 0.451. The Morgan fingerprint density at radius 2 is 1.83 bits per heavy atom. The first kappa shape index (κ1) is 15.0. The largest absolute Gasteiger partial charge is 0.497 e. The molecule has 1 rings (SSSR count). The number of rotatable bonds is 8. The van der Waals surface area contributed by atoms with E-state index < -0.39 is 0 Å². The second-order valence-corrected chi connectivity index (χ2v) is 4.85. The number of benzene rings is 1. The molecule has 0 spiro atoms. The molecule has 0 amide bonds. The zero-order valence-electron chi connectivity index (χ0n) is 12.2. The Labute approximate surface area is 112 Å². The third-order valence-electron chi connectivity index (χ3n) is 3.71. The van der Waals surface area contributed by atoms with Crippen molar-refractivity contribution in [3.05, 3.63) is 29.8 Å². The molecule has 0 aliphatic heterocycles. The van der Waals surface area contributed by atoms with Gasteiger partial charge in [-0.3, -0.25) is 0 Å². The summed E-state index contributed by atoms with van der Waals surface area (Å²) in [5.41, 5.74) is 1.36. The van der Waals surface area contributed by atoms with Crippen molar-refractivity contribution in [2.45, 2.75) is 45.6 Å². The van der Waals surface area contributed by atoms with Gasteiger partial charge in [0, 0.05) is 6.04 Å². The fourth-order valence-corrected chi connectivity index (χ4v) is 2.56. The van der Waals surface area contributed by atoms with Gasteiger partial charge in [-0.1, -0.05) is 45.2 Å². The molecule has 2 heteroatoms. The van der Waals surface area contributed by atoms with E-state index in [0.29, 0.717) is 12.0 Å². The number of nitrogens with one attached hydrogen (secondary N) is 1. The summed E-state index contributed by atoms with van der Waals surface area (Å²) in [6, 6.07) is 8.90. The summed E-state index contributed by atoms with van der Waals surface area (Å²) in [4.78, 5) is 0. The zero-order chi connectivity index (χ0) is 13.4. The highest BCUT2D eigenvalue weighted by Gasteiger charge is 2.19. The summed E-state index contributed by atoms with van der Waals surface area (Å²) in [5.74, 6) is 1.64. The Kier molecular flexibility index (Phi) is 6.81. The van der Waals surface area contributed by atoms with Gasteiger partial charge in [-0.25, -0.2) is 0 Å². The zero-order valence-corrected chi connectivity index (χ0v) is 12.2. The number of methoxy groups -OCH3 is 1. The van der Waals surface area contributed by atoms with Gasteiger partial charge in [0.15, 0.2) is 0 Å². The van der Waals surface area contributed by atoms with Gasteiger partial charge in [0.25, 0.3) is 0 Å². The lowest BCUT2D eigenvalue weighted by Crippen LogP contribution is -2.25. The highest BCUT2D eigenvalue weighted by Crippen LogP contribution is 2.29. The second kappa shape index (κ2) is 8.15. The molecular formula is C16H27NO. The van der Waals surface area contributed by atoms with Crippen molar-refractivity contribution < 1.29 is 4.74 Å². The normalized spacial score (nSPS) is 14.2. The molecule has 2 unspecified atom stereocenters. The molecule has 0 aromatic heterocycles. The van der Waals surface area contributed by atoms with Gasteiger partial charge in [0.1, 0.15) is 5.75 Å². The summed E-state index contributed by atoms with van der Waals surface area (Å²) in [7, 11) is 3.77. The van der Waals surface area contributed by atoms with Crippen molar-refractivity contribution in [3.8, 4) is 5.75 Å². The third kappa shape index (κ3) is 4.02. The highest BCUT2D eigenvalue weighted by atomic mass is 16.5. The highest BCUT2D eigenvalue weighted by molar-refractivity contribution is 5.29. The van der Waals surface area contributed by atoms with E-state index in [9.17, 15) is 0 Å². The van der Waals surface area contributed by atoms with Gasteiger partial charge >= 0.3 is 0 Å². The minimum absolute atomic E-state index is 0.451. The molecule has 0 aliphatic rings. The first-order valence-electron chi connectivity index (χ1n) is 7.08. The van der Waals surface area contributed by atoms with Crippen molar-refractivity contribution >= 4 is 0 Å². The molecule has 18 heavy (non-hydrogen) atoms. The average Bonchev–Trinajstić information content (AvgIpc) is 2.43. The van der Waals surface area contributed by atoms with Gasteiger partial charge in [-0.2, -0.15) is 0 Å². The topological polar surface area (TPSA) is 21.3 Å². The molecule has 1 N–H and O–H groups in total. The smallest absolute Gasteiger partial charge is 0.118 e. The minimum Gasteiger partial charge on any atom is -0.497 e. The molecule has 1 aromatic rings. The van der Waals surface area contributed by atoms with E-state index in [1.807, 2.05) is 12.1 Å².